The molecule has 2 aliphatic rings. The fourth-order valence-electron chi connectivity index (χ4n) is 2.32. The van der Waals surface area contributed by atoms with Gasteiger partial charge in [0.25, 0.3) is 0 Å². The maximum atomic E-state index is 12.0. The van der Waals surface area contributed by atoms with Crippen molar-refractivity contribution in [2.75, 3.05) is 45.9 Å². The highest BCUT2D eigenvalue weighted by molar-refractivity contribution is 5.78. The second-order valence-corrected chi connectivity index (χ2v) is 4.95. The first-order chi connectivity index (χ1) is 7.75. The first-order valence-corrected chi connectivity index (χ1v) is 6.33. The van der Waals surface area contributed by atoms with E-state index in [4.69, 9.17) is 4.74 Å². The second kappa shape index (κ2) is 5.64. The van der Waals surface area contributed by atoms with E-state index in [1.165, 1.54) is 12.8 Å². The van der Waals surface area contributed by atoms with Gasteiger partial charge in [-0.2, -0.15) is 0 Å². The highest BCUT2D eigenvalue weighted by atomic mass is 16.5. The Hall–Kier alpha value is -0.610. The maximum Gasteiger partial charge on any atom is 0.236 e. The molecule has 0 N–H and O–H groups in total. The van der Waals surface area contributed by atoms with Crippen molar-refractivity contribution in [1.29, 1.82) is 0 Å². The van der Waals surface area contributed by atoms with Crippen LogP contribution in [0.1, 0.15) is 19.8 Å². The van der Waals surface area contributed by atoms with E-state index in [-0.39, 0.29) is 5.91 Å². The van der Waals surface area contributed by atoms with Crippen LogP contribution >= 0.6 is 0 Å². The Morgan fingerprint density at radius 1 is 1.19 bits per heavy atom. The first-order valence-electron chi connectivity index (χ1n) is 6.33. The minimum Gasteiger partial charge on any atom is -0.378 e. The molecular weight excluding hydrogens is 204 g/mol. The second-order valence-electron chi connectivity index (χ2n) is 4.95. The molecule has 2 rings (SSSR count). The summed E-state index contributed by atoms with van der Waals surface area (Å²) >= 11 is 0. The third kappa shape index (κ3) is 3.19. The van der Waals surface area contributed by atoms with Crippen LogP contribution in [-0.4, -0.2) is 61.6 Å². The molecule has 4 heteroatoms. The van der Waals surface area contributed by atoms with Gasteiger partial charge in [0.1, 0.15) is 0 Å². The van der Waals surface area contributed by atoms with Crippen molar-refractivity contribution < 1.29 is 9.53 Å². The van der Waals surface area contributed by atoms with E-state index in [0.717, 1.165) is 32.1 Å². The number of carbonyl (C=O) groups is 1. The van der Waals surface area contributed by atoms with Gasteiger partial charge >= 0.3 is 0 Å². The number of piperidine rings is 1. The standard InChI is InChI=1S/C12H22N2O2/c1-11-2-4-13(5-3-11)10-12(15)14-6-8-16-9-7-14/h11H,2-10H2,1H3. The highest BCUT2D eigenvalue weighted by Gasteiger charge is 2.22. The number of rotatable bonds is 2. The smallest absolute Gasteiger partial charge is 0.236 e. The molecule has 2 saturated heterocycles. The van der Waals surface area contributed by atoms with Gasteiger partial charge in [-0.05, 0) is 31.8 Å². The van der Waals surface area contributed by atoms with Crippen molar-refractivity contribution >= 4 is 5.91 Å². The predicted molar refractivity (Wildman–Crippen MR) is 62.2 cm³/mol. The molecular formula is C12H22N2O2. The van der Waals surface area contributed by atoms with Gasteiger partial charge in [0, 0.05) is 13.1 Å². The number of amides is 1. The summed E-state index contributed by atoms with van der Waals surface area (Å²) in [5.41, 5.74) is 0. The molecule has 0 aromatic rings. The van der Waals surface area contributed by atoms with Gasteiger partial charge in [0.05, 0.1) is 19.8 Å². The van der Waals surface area contributed by atoms with Crippen molar-refractivity contribution in [2.45, 2.75) is 19.8 Å². The molecule has 2 fully saturated rings. The minimum absolute atomic E-state index is 0.276. The fraction of sp³-hybridized carbons (Fsp3) is 0.917. The lowest BCUT2D eigenvalue weighted by atomic mass is 9.99. The van der Waals surface area contributed by atoms with Gasteiger partial charge in [0.15, 0.2) is 0 Å². The van der Waals surface area contributed by atoms with E-state index in [1.54, 1.807) is 0 Å². The minimum atomic E-state index is 0.276. The zero-order valence-electron chi connectivity index (χ0n) is 10.2. The van der Waals surface area contributed by atoms with E-state index >= 15 is 0 Å². The number of hydrogen-bond acceptors (Lipinski definition) is 3. The summed E-state index contributed by atoms with van der Waals surface area (Å²) in [6, 6.07) is 0. The van der Waals surface area contributed by atoms with Gasteiger partial charge in [-0.1, -0.05) is 6.92 Å². The number of ether oxygens (including phenoxy) is 1. The average molecular weight is 226 g/mol. The Kier molecular flexibility index (Phi) is 4.18. The summed E-state index contributed by atoms with van der Waals surface area (Å²) in [6.45, 7) is 7.99. The number of likely N-dealkylation sites (tertiary alicyclic amines) is 1. The summed E-state index contributed by atoms with van der Waals surface area (Å²) in [4.78, 5) is 16.2. The summed E-state index contributed by atoms with van der Waals surface area (Å²) in [5.74, 6) is 1.10. The zero-order chi connectivity index (χ0) is 11.4. The van der Waals surface area contributed by atoms with Crippen molar-refractivity contribution in [2.24, 2.45) is 5.92 Å². The van der Waals surface area contributed by atoms with E-state index in [9.17, 15) is 4.79 Å². The normalized spacial score (nSPS) is 24.7. The number of hydrogen-bond donors (Lipinski definition) is 0. The van der Waals surface area contributed by atoms with Crippen LogP contribution in [0.15, 0.2) is 0 Å². The molecule has 0 bridgehead atoms. The molecule has 0 atom stereocenters. The maximum absolute atomic E-state index is 12.0. The Balaban J connectivity index is 1.73. The lowest BCUT2D eigenvalue weighted by Gasteiger charge is -2.33. The quantitative estimate of drug-likeness (QED) is 0.690. The monoisotopic (exact) mass is 226 g/mol. The van der Waals surface area contributed by atoms with Crippen molar-refractivity contribution in [3.63, 3.8) is 0 Å². The predicted octanol–water partition coefficient (Wildman–Crippen LogP) is 0.577. The van der Waals surface area contributed by atoms with E-state index in [0.29, 0.717) is 19.8 Å². The molecule has 1 amide bonds. The van der Waals surface area contributed by atoms with Gasteiger partial charge in [-0.25, -0.2) is 0 Å². The van der Waals surface area contributed by atoms with Gasteiger partial charge in [-0.15, -0.1) is 0 Å². The molecule has 16 heavy (non-hydrogen) atoms. The molecule has 2 heterocycles. The fourth-order valence-corrected chi connectivity index (χ4v) is 2.32. The summed E-state index contributed by atoms with van der Waals surface area (Å²) in [7, 11) is 0. The van der Waals surface area contributed by atoms with Crippen LogP contribution in [0, 0.1) is 5.92 Å². The van der Waals surface area contributed by atoms with Crippen molar-refractivity contribution in [1.82, 2.24) is 9.80 Å². The molecule has 92 valence electrons. The van der Waals surface area contributed by atoms with Crippen LogP contribution in [0.5, 0.6) is 0 Å². The molecule has 0 unspecified atom stereocenters. The molecule has 0 aromatic heterocycles. The Bertz CT molecular complexity index is 231. The molecule has 0 aliphatic carbocycles. The van der Waals surface area contributed by atoms with Gasteiger partial charge in [-0.3, -0.25) is 9.69 Å². The first kappa shape index (κ1) is 11.9. The molecule has 0 saturated carbocycles. The lowest BCUT2D eigenvalue weighted by Crippen LogP contribution is -2.47. The van der Waals surface area contributed by atoms with Crippen LogP contribution in [0.2, 0.25) is 0 Å². The van der Waals surface area contributed by atoms with Crippen molar-refractivity contribution in [3.8, 4) is 0 Å². The molecule has 4 nitrogen and oxygen atoms in total. The van der Waals surface area contributed by atoms with Crippen LogP contribution in [0.4, 0.5) is 0 Å². The van der Waals surface area contributed by atoms with Crippen LogP contribution in [0.3, 0.4) is 0 Å². The Labute approximate surface area is 97.5 Å². The van der Waals surface area contributed by atoms with Crippen LogP contribution in [0.25, 0.3) is 0 Å². The van der Waals surface area contributed by atoms with E-state index < -0.39 is 0 Å². The Morgan fingerprint density at radius 2 is 1.81 bits per heavy atom. The molecule has 0 radical (unpaired) electrons. The summed E-state index contributed by atoms with van der Waals surface area (Å²) < 4.78 is 5.25. The van der Waals surface area contributed by atoms with Crippen LogP contribution in [-0.2, 0) is 9.53 Å². The third-order valence-corrected chi connectivity index (χ3v) is 3.60. The summed E-state index contributed by atoms with van der Waals surface area (Å²) in [5, 5.41) is 0. The molecule has 2 aliphatic heterocycles. The topological polar surface area (TPSA) is 32.8 Å². The largest absolute Gasteiger partial charge is 0.378 e. The van der Waals surface area contributed by atoms with Gasteiger partial charge in [0.2, 0.25) is 5.91 Å². The van der Waals surface area contributed by atoms with E-state index in [1.807, 2.05) is 4.90 Å². The van der Waals surface area contributed by atoms with Crippen molar-refractivity contribution in [3.05, 3.63) is 0 Å². The van der Waals surface area contributed by atoms with E-state index in [2.05, 4.69) is 11.8 Å². The number of morpholine rings is 1. The highest BCUT2D eigenvalue weighted by Crippen LogP contribution is 2.15. The zero-order valence-corrected chi connectivity index (χ0v) is 10.2. The Morgan fingerprint density at radius 3 is 2.44 bits per heavy atom. The SMILES string of the molecule is CC1CCN(CC(=O)N2CCOCC2)CC1. The van der Waals surface area contributed by atoms with Gasteiger partial charge < -0.3 is 9.64 Å². The average Bonchev–Trinajstić information content (AvgIpc) is 2.33. The van der Waals surface area contributed by atoms with Crippen LogP contribution < -0.4 is 0 Å². The molecule has 0 spiro atoms. The third-order valence-electron chi connectivity index (χ3n) is 3.60. The number of nitrogens with zero attached hydrogens (tertiary/aromatic N) is 2. The molecule has 0 aromatic carbocycles. The summed E-state index contributed by atoms with van der Waals surface area (Å²) in [6.07, 6.45) is 2.47. The number of carbonyl (C=O) groups excluding carboxylic acids is 1. The lowest BCUT2D eigenvalue weighted by molar-refractivity contribution is -0.136.